The van der Waals surface area contributed by atoms with Crippen LogP contribution >= 0.6 is 0 Å². The van der Waals surface area contributed by atoms with Crippen LogP contribution in [0.1, 0.15) is 137 Å². The van der Waals surface area contributed by atoms with E-state index in [-0.39, 0.29) is 6.29 Å². The molecule has 178 valence electrons. The highest BCUT2D eigenvalue weighted by atomic mass is 16.7. The number of hydrogen-bond acceptors (Lipinski definition) is 3. The third kappa shape index (κ3) is 24.0. The second-order valence-corrected chi connectivity index (χ2v) is 8.27. The Morgan fingerprint density at radius 3 is 1.31 bits per heavy atom. The fourth-order valence-electron chi connectivity index (χ4n) is 3.63. The van der Waals surface area contributed by atoms with Gasteiger partial charge in [0.05, 0.1) is 0 Å². The average Bonchev–Trinajstić information content (AvgIpc) is 2.73. The van der Waals surface area contributed by atoms with Crippen molar-refractivity contribution >= 4 is 0 Å². The van der Waals surface area contributed by atoms with Gasteiger partial charge in [0, 0.05) is 19.1 Å². The van der Waals surface area contributed by atoms with Crippen molar-refractivity contribution in [2.75, 3.05) is 19.8 Å². The Bertz CT molecular complexity index is 255. The summed E-state index contributed by atoms with van der Waals surface area (Å²) >= 11 is 0. The zero-order chi connectivity index (χ0) is 22.0. The third-order valence-corrected chi connectivity index (χ3v) is 5.56. The lowest BCUT2D eigenvalue weighted by Gasteiger charge is -2.25. The second-order valence-electron chi connectivity index (χ2n) is 8.27. The normalized spacial score (nSPS) is 12.1. The molecule has 0 aliphatic heterocycles. The Morgan fingerprint density at radius 1 is 0.552 bits per heavy atom. The molecule has 1 unspecified atom stereocenters. The van der Waals surface area contributed by atoms with Gasteiger partial charge in [0.1, 0.15) is 0 Å². The van der Waals surface area contributed by atoms with Crippen LogP contribution in [0.25, 0.3) is 0 Å². The summed E-state index contributed by atoms with van der Waals surface area (Å²) in [5.74, 6) is 0.565. The number of nitrogens with two attached hydrogens (primary N) is 1. The molecule has 0 aromatic heterocycles. The van der Waals surface area contributed by atoms with Crippen LogP contribution in [-0.2, 0) is 9.47 Å². The zero-order valence-electron chi connectivity index (χ0n) is 21.0. The number of ether oxygens (including phenoxy) is 2. The van der Waals surface area contributed by atoms with Crippen molar-refractivity contribution in [3.8, 4) is 0 Å². The second kappa shape index (κ2) is 27.9. The summed E-state index contributed by atoms with van der Waals surface area (Å²) in [5.41, 5.74) is 5.45. The smallest absolute Gasteiger partial charge is 0.160 e. The van der Waals surface area contributed by atoms with Crippen LogP contribution in [0.5, 0.6) is 0 Å². The minimum atomic E-state index is 0.0153. The van der Waals surface area contributed by atoms with Crippen molar-refractivity contribution in [2.45, 2.75) is 144 Å². The van der Waals surface area contributed by atoms with Gasteiger partial charge in [-0.25, -0.2) is 0 Å². The standard InChI is InChI=1S/C14H31N.C12H26O2/c1-2-3-4-5-6-7-8-9-10-11-12-13-14-15;1-5-9-10-11(6-2)12(13-7-3)14-8-4/h2-15H2,1H3;11-12H,5-10H2,1-4H3. The van der Waals surface area contributed by atoms with Gasteiger partial charge < -0.3 is 15.2 Å². The topological polar surface area (TPSA) is 44.5 Å². The van der Waals surface area contributed by atoms with Crippen molar-refractivity contribution in [3.63, 3.8) is 0 Å². The monoisotopic (exact) mass is 415 g/mol. The van der Waals surface area contributed by atoms with Gasteiger partial charge in [-0.2, -0.15) is 0 Å². The van der Waals surface area contributed by atoms with E-state index in [1.54, 1.807) is 0 Å². The molecule has 3 nitrogen and oxygen atoms in total. The van der Waals surface area contributed by atoms with Gasteiger partial charge in [-0.3, -0.25) is 0 Å². The molecule has 0 saturated heterocycles. The van der Waals surface area contributed by atoms with Gasteiger partial charge in [0.25, 0.3) is 0 Å². The molecule has 0 spiro atoms. The fraction of sp³-hybridized carbons (Fsp3) is 1.00. The molecular formula is C26H57NO2. The Hall–Kier alpha value is -0.120. The molecule has 0 saturated carbocycles. The van der Waals surface area contributed by atoms with E-state index < -0.39 is 0 Å². The van der Waals surface area contributed by atoms with Gasteiger partial charge in [-0.05, 0) is 39.7 Å². The molecule has 2 N–H and O–H groups in total. The summed E-state index contributed by atoms with van der Waals surface area (Å²) in [6.07, 6.45) is 21.8. The van der Waals surface area contributed by atoms with Crippen molar-refractivity contribution < 1.29 is 9.47 Å². The Morgan fingerprint density at radius 2 is 0.966 bits per heavy atom. The zero-order valence-corrected chi connectivity index (χ0v) is 21.0. The predicted octanol–water partition coefficient (Wildman–Crippen LogP) is 8.25. The molecule has 0 heterocycles. The van der Waals surface area contributed by atoms with Gasteiger partial charge in [0.15, 0.2) is 6.29 Å². The highest BCUT2D eigenvalue weighted by molar-refractivity contribution is 4.61. The maximum Gasteiger partial charge on any atom is 0.160 e. The molecule has 3 heteroatoms. The van der Waals surface area contributed by atoms with E-state index in [1.165, 1.54) is 96.3 Å². The van der Waals surface area contributed by atoms with Crippen LogP contribution in [0.3, 0.4) is 0 Å². The molecule has 0 aliphatic rings. The van der Waals surface area contributed by atoms with E-state index in [2.05, 4.69) is 20.8 Å². The molecule has 0 radical (unpaired) electrons. The highest BCUT2D eigenvalue weighted by Gasteiger charge is 2.19. The van der Waals surface area contributed by atoms with Crippen molar-refractivity contribution in [1.29, 1.82) is 0 Å². The van der Waals surface area contributed by atoms with Crippen LogP contribution < -0.4 is 5.73 Å². The van der Waals surface area contributed by atoms with Crippen molar-refractivity contribution in [1.82, 2.24) is 0 Å². The van der Waals surface area contributed by atoms with E-state index in [0.717, 1.165) is 26.2 Å². The van der Waals surface area contributed by atoms with Gasteiger partial charge >= 0.3 is 0 Å². The number of rotatable bonds is 21. The number of hydrogen-bond donors (Lipinski definition) is 1. The van der Waals surface area contributed by atoms with E-state index >= 15 is 0 Å². The van der Waals surface area contributed by atoms with Crippen LogP contribution in [0.4, 0.5) is 0 Å². The van der Waals surface area contributed by atoms with Crippen LogP contribution in [0.2, 0.25) is 0 Å². The molecule has 0 amide bonds. The van der Waals surface area contributed by atoms with Gasteiger partial charge in [-0.1, -0.05) is 104 Å². The van der Waals surface area contributed by atoms with E-state index in [9.17, 15) is 0 Å². The Balaban J connectivity index is 0. The van der Waals surface area contributed by atoms with E-state index in [1.807, 2.05) is 13.8 Å². The predicted molar refractivity (Wildman–Crippen MR) is 130 cm³/mol. The molecule has 29 heavy (non-hydrogen) atoms. The molecule has 0 fully saturated rings. The SMILES string of the molecule is CCCCC(CC)C(OCC)OCC.CCCCCCCCCCCCCCN. The maximum absolute atomic E-state index is 5.61. The van der Waals surface area contributed by atoms with E-state index in [0.29, 0.717) is 5.92 Å². The summed E-state index contributed by atoms with van der Waals surface area (Å²) in [5, 5.41) is 0. The Labute approximate surface area is 184 Å². The summed E-state index contributed by atoms with van der Waals surface area (Å²) in [7, 11) is 0. The minimum absolute atomic E-state index is 0.0153. The molecule has 1 atom stereocenters. The van der Waals surface area contributed by atoms with Crippen LogP contribution in [0.15, 0.2) is 0 Å². The lowest BCUT2D eigenvalue weighted by atomic mass is 9.99. The largest absolute Gasteiger partial charge is 0.353 e. The molecular weight excluding hydrogens is 358 g/mol. The number of unbranched alkanes of at least 4 members (excludes halogenated alkanes) is 12. The quantitative estimate of drug-likeness (QED) is 0.151. The lowest BCUT2D eigenvalue weighted by molar-refractivity contribution is -0.169. The van der Waals surface area contributed by atoms with Gasteiger partial charge in [0.2, 0.25) is 0 Å². The van der Waals surface area contributed by atoms with Crippen LogP contribution in [0, 0.1) is 5.92 Å². The molecule has 0 rings (SSSR count). The molecule has 0 aromatic carbocycles. The lowest BCUT2D eigenvalue weighted by Crippen LogP contribution is -2.27. The first kappa shape index (κ1) is 31.1. The molecule has 0 aromatic rings. The first-order valence-electron chi connectivity index (χ1n) is 13.1. The fourth-order valence-corrected chi connectivity index (χ4v) is 3.63. The summed E-state index contributed by atoms with van der Waals surface area (Å²) in [6, 6.07) is 0. The molecule has 0 aliphatic carbocycles. The van der Waals surface area contributed by atoms with Crippen molar-refractivity contribution in [2.24, 2.45) is 11.7 Å². The average molecular weight is 416 g/mol. The van der Waals surface area contributed by atoms with Gasteiger partial charge in [-0.15, -0.1) is 0 Å². The summed E-state index contributed by atoms with van der Waals surface area (Å²) < 4.78 is 11.2. The maximum atomic E-state index is 5.61. The first-order valence-corrected chi connectivity index (χ1v) is 13.1. The summed E-state index contributed by atoms with van der Waals surface area (Å²) in [4.78, 5) is 0. The van der Waals surface area contributed by atoms with Crippen LogP contribution in [-0.4, -0.2) is 26.0 Å². The van der Waals surface area contributed by atoms with Crippen molar-refractivity contribution in [3.05, 3.63) is 0 Å². The molecule has 0 bridgehead atoms. The Kier molecular flexibility index (Phi) is 29.9. The highest BCUT2D eigenvalue weighted by Crippen LogP contribution is 2.20. The first-order chi connectivity index (χ1) is 14.2. The minimum Gasteiger partial charge on any atom is -0.353 e. The van der Waals surface area contributed by atoms with E-state index in [4.69, 9.17) is 15.2 Å². The third-order valence-electron chi connectivity index (χ3n) is 5.56. The summed E-state index contributed by atoms with van der Waals surface area (Å²) in [6.45, 7) is 13.1.